The molecule has 0 N–H and O–H groups in total. The van der Waals surface area contributed by atoms with Crippen LogP contribution in [0, 0.1) is 0 Å². The van der Waals surface area contributed by atoms with Crippen molar-refractivity contribution in [1.29, 1.82) is 0 Å². The Kier molecular flexibility index (Phi) is 5.55. The molecule has 2 atom stereocenters. The van der Waals surface area contributed by atoms with Crippen molar-refractivity contribution in [2.75, 3.05) is 33.4 Å². The van der Waals surface area contributed by atoms with E-state index in [4.69, 9.17) is 18.9 Å². The number of methoxy groups -OCH3 is 1. The smallest absolute Gasteiger partial charge is 0.337 e. The molecule has 1 aromatic carbocycles. The predicted octanol–water partition coefficient (Wildman–Crippen LogP) is 1.50. The summed E-state index contributed by atoms with van der Waals surface area (Å²) in [5, 5.41) is 0. The molecule has 29 heavy (non-hydrogen) atoms. The Morgan fingerprint density at radius 1 is 1.03 bits per heavy atom. The lowest BCUT2D eigenvalue weighted by molar-refractivity contribution is -0.00461. The Hall–Kier alpha value is -2.84. The zero-order chi connectivity index (χ0) is 20.4. The number of likely N-dealkylation sites (tertiary alicyclic amines) is 1. The molecule has 0 aliphatic carbocycles. The highest BCUT2D eigenvalue weighted by Gasteiger charge is 2.40. The second kappa shape index (κ2) is 8.26. The third-order valence-corrected chi connectivity index (χ3v) is 5.24. The van der Waals surface area contributed by atoms with Crippen molar-refractivity contribution in [3.63, 3.8) is 0 Å². The first kappa shape index (κ1) is 19.5. The van der Waals surface area contributed by atoms with Gasteiger partial charge in [0.15, 0.2) is 0 Å². The van der Waals surface area contributed by atoms with E-state index in [1.807, 2.05) is 29.9 Å². The first-order chi connectivity index (χ1) is 14.0. The summed E-state index contributed by atoms with van der Waals surface area (Å²) < 4.78 is 24.4. The van der Waals surface area contributed by atoms with Crippen LogP contribution in [0.2, 0.25) is 0 Å². The van der Waals surface area contributed by atoms with Gasteiger partial charge < -0.3 is 28.4 Å². The minimum atomic E-state index is -0.389. The molecule has 2 aliphatic rings. The van der Waals surface area contributed by atoms with E-state index >= 15 is 0 Å². The molecule has 2 aliphatic heterocycles. The van der Waals surface area contributed by atoms with Crippen LogP contribution in [0.4, 0.5) is 0 Å². The number of nitrogens with zero attached hydrogens (tertiary/aromatic N) is 2. The number of fused-ring (bicyclic) bond motifs is 1. The molecule has 0 unspecified atom stereocenters. The van der Waals surface area contributed by atoms with Gasteiger partial charge in [0.05, 0.1) is 25.9 Å². The van der Waals surface area contributed by atoms with E-state index in [2.05, 4.69) is 0 Å². The molecule has 154 valence electrons. The van der Waals surface area contributed by atoms with Crippen molar-refractivity contribution >= 4 is 11.9 Å². The number of hydrogen-bond acceptors (Lipinski definition) is 6. The molecule has 0 spiro atoms. The summed E-state index contributed by atoms with van der Waals surface area (Å²) in [6, 6.07) is 10.4. The fraction of sp³-hybridized carbons (Fsp3) is 0.429. The lowest BCUT2D eigenvalue weighted by Gasteiger charge is -2.20. The van der Waals surface area contributed by atoms with Gasteiger partial charge in [-0.3, -0.25) is 4.79 Å². The van der Waals surface area contributed by atoms with Gasteiger partial charge in [0.1, 0.15) is 29.8 Å². The number of carbonyl (C=O) groups is 2. The summed E-state index contributed by atoms with van der Waals surface area (Å²) >= 11 is 0. The monoisotopic (exact) mass is 400 g/mol. The third kappa shape index (κ3) is 4.13. The minimum absolute atomic E-state index is 0.0173. The maximum atomic E-state index is 12.7. The number of aryl methyl sites for hydroxylation is 1. The molecular weight excluding hydrogens is 376 g/mol. The van der Waals surface area contributed by atoms with E-state index in [1.54, 1.807) is 29.2 Å². The number of ether oxygens (including phenoxy) is 4. The van der Waals surface area contributed by atoms with Gasteiger partial charge in [0.2, 0.25) is 0 Å². The predicted molar refractivity (Wildman–Crippen MR) is 103 cm³/mol. The van der Waals surface area contributed by atoms with Crippen molar-refractivity contribution in [3.05, 3.63) is 53.9 Å². The van der Waals surface area contributed by atoms with Crippen molar-refractivity contribution in [2.24, 2.45) is 7.05 Å². The quantitative estimate of drug-likeness (QED) is 0.724. The standard InChI is InChI=1S/C21H24N2O6/c1-22-9-3-4-17(22)20(24)23-10-18-19(11-23)28-13-16(12-27-18)29-15-7-5-14(6-8-15)21(25)26-2/h3-9,16,18-19H,10-13H2,1-2H3/t18-,19-/m0/s1. The molecule has 0 radical (unpaired) electrons. The molecule has 8 nitrogen and oxygen atoms in total. The number of amides is 1. The molecule has 4 rings (SSSR count). The fourth-order valence-corrected chi connectivity index (χ4v) is 3.63. The zero-order valence-electron chi connectivity index (χ0n) is 16.4. The Bertz CT molecular complexity index is 862. The van der Waals surface area contributed by atoms with Gasteiger partial charge in [-0.1, -0.05) is 0 Å². The van der Waals surface area contributed by atoms with E-state index in [1.165, 1.54) is 7.11 Å². The molecule has 0 saturated carbocycles. The Balaban J connectivity index is 1.32. The van der Waals surface area contributed by atoms with Gasteiger partial charge in [-0.15, -0.1) is 0 Å². The lowest BCUT2D eigenvalue weighted by atomic mass is 10.2. The van der Waals surface area contributed by atoms with Gasteiger partial charge in [-0.05, 0) is 36.4 Å². The summed E-state index contributed by atoms with van der Waals surface area (Å²) in [7, 11) is 3.20. The van der Waals surface area contributed by atoms with Gasteiger partial charge in [-0.2, -0.15) is 0 Å². The zero-order valence-corrected chi connectivity index (χ0v) is 16.4. The SMILES string of the molecule is COC(=O)c1ccc(OC2CO[C@H]3CN(C(=O)c4cccn4C)C[C@@H]3OC2)cc1. The number of aromatic nitrogens is 1. The van der Waals surface area contributed by atoms with Gasteiger partial charge in [0.25, 0.3) is 5.91 Å². The molecule has 2 fully saturated rings. The second-order valence-corrected chi connectivity index (χ2v) is 7.21. The lowest BCUT2D eigenvalue weighted by Crippen LogP contribution is -2.33. The first-order valence-corrected chi connectivity index (χ1v) is 9.54. The van der Waals surface area contributed by atoms with E-state index < -0.39 is 0 Å². The summed E-state index contributed by atoms with van der Waals surface area (Å²) in [5.41, 5.74) is 1.11. The van der Waals surface area contributed by atoms with Crippen LogP contribution in [-0.4, -0.2) is 73.1 Å². The van der Waals surface area contributed by atoms with Gasteiger partial charge >= 0.3 is 5.97 Å². The maximum Gasteiger partial charge on any atom is 0.337 e. The second-order valence-electron chi connectivity index (χ2n) is 7.21. The minimum Gasteiger partial charge on any atom is -0.486 e. The largest absolute Gasteiger partial charge is 0.486 e. The summed E-state index contributed by atoms with van der Waals surface area (Å²) in [6.07, 6.45) is 1.25. The average molecular weight is 400 g/mol. The summed E-state index contributed by atoms with van der Waals surface area (Å²) in [6.45, 7) is 1.72. The molecule has 1 amide bonds. The molecule has 2 aromatic rings. The maximum absolute atomic E-state index is 12.7. The van der Waals surface area contributed by atoms with Crippen molar-refractivity contribution in [1.82, 2.24) is 9.47 Å². The van der Waals surface area contributed by atoms with E-state index in [9.17, 15) is 9.59 Å². The highest BCUT2D eigenvalue weighted by Crippen LogP contribution is 2.24. The normalized spacial score (nSPS) is 22.1. The van der Waals surface area contributed by atoms with E-state index in [0.29, 0.717) is 43.3 Å². The number of hydrogen-bond donors (Lipinski definition) is 0. The van der Waals surface area contributed by atoms with Gasteiger partial charge in [-0.25, -0.2) is 4.79 Å². The topological polar surface area (TPSA) is 79.2 Å². The van der Waals surface area contributed by atoms with E-state index in [0.717, 1.165) is 0 Å². The Morgan fingerprint density at radius 2 is 1.69 bits per heavy atom. The number of rotatable bonds is 4. The van der Waals surface area contributed by atoms with E-state index in [-0.39, 0.29) is 30.2 Å². The number of esters is 1. The highest BCUT2D eigenvalue weighted by molar-refractivity contribution is 5.93. The van der Waals surface area contributed by atoms with Crippen molar-refractivity contribution in [3.8, 4) is 5.75 Å². The number of carbonyl (C=O) groups excluding carboxylic acids is 2. The number of benzene rings is 1. The van der Waals surface area contributed by atoms with Crippen LogP contribution >= 0.6 is 0 Å². The average Bonchev–Trinajstić information content (AvgIpc) is 3.31. The molecule has 2 saturated heterocycles. The molecule has 8 heteroatoms. The van der Waals surface area contributed by atoms with Crippen LogP contribution < -0.4 is 4.74 Å². The fourth-order valence-electron chi connectivity index (χ4n) is 3.63. The molecule has 3 heterocycles. The summed E-state index contributed by atoms with van der Waals surface area (Å²) in [5.74, 6) is 0.221. The molecule has 1 aromatic heterocycles. The Labute approximate surface area is 168 Å². The molecule has 0 bridgehead atoms. The van der Waals surface area contributed by atoms with Crippen LogP contribution in [0.25, 0.3) is 0 Å². The van der Waals surface area contributed by atoms with Crippen LogP contribution in [0.15, 0.2) is 42.6 Å². The first-order valence-electron chi connectivity index (χ1n) is 9.54. The van der Waals surface area contributed by atoms with Crippen LogP contribution in [0.1, 0.15) is 20.8 Å². The third-order valence-electron chi connectivity index (χ3n) is 5.24. The highest BCUT2D eigenvalue weighted by atomic mass is 16.6. The molecular formula is C21H24N2O6. The summed E-state index contributed by atoms with van der Waals surface area (Å²) in [4.78, 5) is 26.0. The van der Waals surface area contributed by atoms with Crippen LogP contribution in [0.3, 0.4) is 0 Å². The Morgan fingerprint density at radius 3 is 2.24 bits per heavy atom. The van der Waals surface area contributed by atoms with Crippen LogP contribution in [0.5, 0.6) is 5.75 Å². The van der Waals surface area contributed by atoms with Crippen molar-refractivity contribution < 1.29 is 28.5 Å². The van der Waals surface area contributed by atoms with Crippen molar-refractivity contribution in [2.45, 2.75) is 18.3 Å². The van der Waals surface area contributed by atoms with Gasteiger partial charge in [0, 0.05) is 26.3 Å². The van der Waals surface area contributed by atoms with Crippen LogP contribution in [-0.2, 0) is 21.3 Å².